The van der Waals surface area contributed by atoms with Gasteiger partial charge in [-0.05, 0) is 0 Å². The first kappa shape index (κ1) is 13.9. The number of pyridine rings is 1. The molecule has 0 saturated carbocycles. The number of aromatic nitrogens is 1. The zero-order valence-corrected chi connectivity index (χ0v) is 13.6. The fourth-order valence-corrected chi connectivity index (χ4v) is 2.93. The molecule has 100 valence electrons. The van der Waals surface area contributed by atoms with Gasteiger partial charge in [0.15, 0.2) is 0 Å². The number of ether oxygens (including phenoxy) is 1. The van der Waals surface area contributed by atoms with E-state index in [1.54, 1.807) is 24.0 Å². The first-order valence-corrected chi connectivity index (χ1v) is 7.57. The van der Waals surface area contributed by atoms with Gasteiger partial charge >= 0.3 is 118 Å². The van der Waals surface area contributed by atoms with E-state index in [0.29, 0.717) is 6.04 Å². The molecule has 1 aromatic rings. The van der Waals surface area contributed by atoms with Gasteiger partial charge in [-0.25, -0.2) is 0 Å². The van der Waals surface area contributed by atoms with Crippen molar-refractivity contribution >= 4 is 27.0 Å². The first-order valence-electron chi connectivity index (χ1n) is 6.36. The van der Waals surface area contributed by atoms with Crippen molar-refractivity contribution in [1.82, 2.24) is 9.88 Å². The molecular weight excluding hydrogens is 289 g/mol. The summed E-state index contributed by atoms with van der Waals surface area (Å²) in [5.41, 5.74) is 1.31. The summed E-state index contributed by atoms with van der Waals surface area (Å²) >= 11 is 1.58. The van der Waals surface area contributed by atoms with Crippen molar-refractivity contribution in [3.63, 3.8) is 0 Å². The topological polar surface area (TPSA) is 28.6 Å². The Morgan fingerprint density at radius 2 is 2.44 bits per heavy atom. The average Bonchev–Trinajstić information content (AvgIpc) is 2.85. The summed E-state index contributed by atoms with van der Waals surface area (Å²) in [6, 6.07) is 4.94. The predicted octanol–water partition coefficient (Wildman–Crippen LogP) is -0.503. The molecule has 0 radical (unpaired) electrons. The van der Waals surface area contributed by atoms with Gasteiger partial charge in [0, 0.05) is 0 Å². The van der Waals surface area contributed by atoms with E-state index in [1.807, 2.05) is 6.20 Å². The van der Waals surface area contributed by atoms with E-state index in [9.17, 15) is 0 Å². The molecule has 1 saturated heterocycles. The molecular formula is C13H22AsN3O. The zero-order chi connectivity index (χ0) is 13.0. The first-order chi connectivity index (χ1) is 8.70. The van der Waals surface area contributed by atoms with Crippen molar-refractivity contribution in [2.45, 2.75) is 12.5 Å². The number of anilines is 1. The van der Waals surface area contributed by atoms with Crippen LogP contribution in [0.5, 0.6) is 0 Å². The molecule has 18 heavy (non-hydrogen) atoms. The number of likely N-dealkylation sites (N-methyl/N-ethyl adjacent to an activating group) is 1. The van der Waals surface area contributed by atoms with Crippen molar-refractivity contribution in [1.29, 1.82) is 0 Å². The molecule has 1 aliphatic heterocycles. The Labute approximate surface area is 118 Å². The third kappa shape index (κ3) is 3.47. The monoisotopic (exact) mass is 311 g/mol. The van der Waals surface area contributed by atoms with Gasteiger partial charge in [0.05, 0.1) is 0 Å². The molecule has 0 bridgehead atoms. The fourth-order valence-electron chi connectivity index (χ4n) is 2.39. The molecule has 0 spiro atoms. The minimum absolute atomic E-state index is 0.638. The Kier molecular flexibility index (Phi) is 5.04. The van der Waals surface area contributed by atoms with Gasteiger partial charge in [-0.1, -0.05) is 0 Å². The molecule has 2 atom stereocenters. The number of hydrogen-bond donors (Lipinski definition) is 0. The summed E-state index contributed by atoms with van der Waals surface area (Å²) in [4.78, 5) is 9.14. The van der Waals surface area contributed by atoms with Crippen LogP contribution in [0.2, 0.25) is 0 Å². The maximum absolute atomic E-state index is 5.14. The molecule has 0 amide bonds. The van der Waals surface area contributed by atoms with E-state index in [1.165, 1.54) is 12.1 Å². The van der Waals surface area contributed by atoms with Crippen LogP contribution in [0, 0.1) is 0 Å². The van der Waals surface area contributed by atoms with Crippen LogP contribution in [-0.4, -0.2) is 73.2 Å². The molecule has 5 heteroatoms. The van der Waals surface area contributed by atoms with E-state index in [0.717, 1.165) is 30.7 Å². The molecule has 0 aromatic carbocycles. The van der Waals surface area contributed by atoms with Crippen LogP contribution < -0.4 is 9.38 Å². The summed E-state index contributed by atoms with van der Waals surface area (Å²) in [6.07, 6.45) is 3.14. The van der Waals surface area contributed by atoms with Crippen LogP contribution in [-0.2, 0) is 4.74 Å². The van der Waals surface area contributed by atoms with Gasteiger partial charge in [-0.15, -0.1) is 0 Å². The third-order valence-electron chi connectivity index (χ3n) is 3.56. The van der Waals surface area contributed by atoms with Crippen LogP contribution in [0.1, 0.15) is 6.42 Å². The van der Waals surface area contributed by atoms with Gasteiger partial charge in [-0.3, -0.25) is 0 Å². The number of methoxy groups -OCH3 is 1. The van der Waals surface area contributed by atoms with Crippen molar-refractivity contribution in [3.05, 3.63) is 18.3 Å². The summed E-state index contributed by atoms with van der Waals surface area (Å²) in [5.74, 6) is 0. The molecule has 1 aromatic heterocycles. The number of rotatable bonds is 5. The SMILES string of the molecule is COCCN(C)[C@H]1CCN(c2ccnc([AsH2])c2)C1. The predicted molar refractivity (Wildman–Crippen MR) is 77.5 cm³/mol. The summed E-state index contributed by atoms with van der Waals surface area (Å²) < 4.78 is 6.29. The average molecular weight is 311 g/mol. The second kappa shape index (κ2) is 6.55. The Morgan fingerprint density at radius 3 is 3.17 bits per heavy atom. The van der Waals surface area contributed by atoms with E-state index in [4.69, 9.17) is 4.74 Å². The molecule has 1 unspecified atom stereocenters. The van der Waals surface area contributed by atoms with Crippen LogP contribution >= 0.6 is 0 Å². The molecule has 1 fully saturated rings. The Balaban J connectivity index is 1.92. The number of nitrogens with zero attached hydrogens (tertiary/aromatic N) is 3. The quantitative estimate of drug-likeness (QED) is 0.686. The van der Waals surface area contributed by atoms with Crippen molar-refractivity contribution in [2.75, 3.05) is 45.3 Å². The summed E-state index contributed by atoms with van der Waals surface area (Å²) in [5, 5.41) is 0. The summed E-state index contributed by atoms with van der Waals surface area (Å²) in [6.45, 7) is 4.06. The molecule has 4 nitrogen and oxygen atoms in total. The van der Waals surface area contributed by atoms with Crippen molar-refractivity contribution in [2.24, 2.45) is 0 Å². The summed E-state index contributed by atoms with van der Waals surface area (Å²) in [7, 11) is 3.95. The van der Waals surface area contributed by atoms with Gasteiger partial charge in [0.2, 0.25) is 0 Å². The van der Waals surface area contributed by atoms with Gasteiger partial charge < -0.3 is 0 Å². The van der Waals surface area contributed by atoms with E-state index >= 15 is 0 Å². The standard InChI is InChI=1S/C13H22AsN3O/c1-16(7-8-18-2)12-4-6-17(10-12)11-3-5-15-13(14)9-11/h3,5,9,12H,4,6-8,10,14H2,1-2H3/t12-/m0/s1. The van der Waals surface area contributed by atoms with Gasteiger partial charge in [0.1, 0.15) is 0 Å². The normalized spacial score (nSPS) is 19.8. The Morgan fingerprint density at radius 1 is 1.61 bits per heavy atom. The molecule has 1 aliphatic rings. The van der Waals surface area contributed by atoms with Gasteiger partial charge in [0.25, 0.3) is 0 Å². The Bertz CT molecular complexity index is 388. The molecule has 2 rings (SSSR count). The maximum atomic E-state index is 5.14. The second-order valence-corrected chi connectivity index (χ2v) is 6.04. The van der Waals surface area contributed by atoms with Crippen molar-refractivity contribution in [3.8, 4) is 0 Å². The van der Waals surface area contributed by atoms with E-state index in [2.05, 4.69) is 34.0 Å². The van der Waals surface area contributed by atoms with Crippen LogP contribution in [0.3, 0.4) is 0 Å². The van der Waals surface area contributed by atoms with Crippen molar-refractivity contribution < 1.29 is 4.74 Å². The molecule has 2 heterocycles. The van der Waals surface area contributed by atoms with E-state index < -0.39 is 0 Å². The zero-order valence-electron chi connectivity index (χ0n) is 11.2. The van der Waals surface area contributed by atoms with Gasteiger partial charge in [-0.2, -0.15) is 0 Å². The second-order valence-electron chi connectivity index (χ2n) is 4.80. The van der Waals surface area contributed by atoms with Crippen LogP contribution in [0.25, 0.3) is 0 Å². The van der Waals surface area contributed by atoms with Crippen LogP contribution in [0.4, 0.5) is 5.69 Å². The third-order valence-corrected chi connectivity index (χ3v) is 4.23. The fraction of sp³-hybridized carbons (Fsp3) is 0.615. The minimum atomic E-state index is 0.638. The Hall–Kier alpha value is -0.572. The number of hydrogen-bond acceptors (Lipinski definition) is 4. The van der Waals surface area contributed by atoms with E-state index in [-0.39, 0.29) is 0 Å². The van der Waals surface area contributed by atoms with Crippen LogP contribution in [0.15, 0.2) is 18.3 Å². The molecule has 0 N–H and O–H groups in total. The molecule has 0 aliphatic carbocycles.